The van der Waals surface area contributed by atoms with Crippen LogP contribution in [0.2, 0.25) is 0 Å². The molecule has 104 valence electrons. The predicted octanol–water partition coefficient (Wildman–Crippen LogP) is 4.08. The third-order valence-corrected chi connectivity index (χ3v) is 4.00. The van der Waals surface area contributed by atoms with Gasteiger partial charge in [0.05, 0.1) is 6.54 Å². The van der Waals surface area contributed by atoms with Crippen molar-refractivity contribution in [2.75, 3.05) is 5.32 Å². The van der Waals surface area contributed by atoms with Crippen LogP contribution in [0.25, 0.3) is 10.9 Å². The van der Waals surface area contributed by atoms with Crippen LogP contribution in [0.5, 0.6) is 0 Å². The van der Waals surface area contributed by atoms with Gasteiger partial charge in [-0.05, 0) is 36.8 Å². The summed E-state index contributed by atoms with van der Waals surface area (Å²) in [6, 6.07) is 16.5. The number of benzene rings is 2. The molecule has 0 saturated heterocycles. The Bertz CT molecular complexity index is 795. The Morgan fingerprint density at radius 1 is 1.14 bits per heavy atom. The molecule has 1 aromatic heterocycles. The van der Waals surface area contributed by atoms with Gasteiger partial charge in [0.25, 0.3) is 0 Å². The number of hydrogen-bond donors (Lipinski definition) is 1. The maximum Gasteiger partial charge on any atom is 0.0556 e. The van der Waals surface area contributed by atoms with Crippen LogP contribution >= 0.6 is 0 Å². The summed E-state index contributed by atoms with van der Waals surface area (Å²) in [7, 11) is 2.12. The van der Waals surface area contributed by atoms with Crippen molar-refractivity contribution >= 4 is 16.6 Å². The number of para-hydroxylation sites is 1. The highest BCUT2D eigenvalue weighted by molar-refractivity contribution is 5.85. The molecule has 0 aliphatic carbocycles. The van der Waals surface area contributed by atoms with E-state index in [4.69, 9.17) is 6.42 Å². The van der Waals surface area contributed by atoms with E-state index in [0.29, 0.717) is 0 Å². The van der Waals surface area contributed by atoms with Crippen LogP contribution in [0.1, 0.15) is 16.8 Å². The molecule has 3 aromatic rings. The number of aromatic nitrogens is 1. The molecule has 0 atom stereocenters. The van der Waals surface area contributed by atoms with Gasteiger partial charge in [0.1, 0.15) is 0 Å². The molecule has 0 saturated carbocycles. The zero-order valence-electron chi connectivity index (χ0n) is 12.4. The van der Waals surface area contributed by atoms with Gasteiger partial charge in [0.15, 0.2) is 0 Å². The van der Waals surface area contributed by atoms with Crippen LogP contribution < -0.4 is 5.32 Å². The fraction of sp³-hybridized carbons (Fsp3) is 0.158. The molecule has 1 N–H and O–H groups in total. The molecule has 0 aliphatic rings. The fourth-order valence-corrected chi connectivity index (χ4v) is 2.79. The number of fused-ring (bicyclic) bond motifs is 1. The topological polar surface area (TPSA) is 17.0 Å². The average molecular weight is 274 g/mol. The molecule has 0 unspecified atom stereocenters. The van der Waals surface area contributed by atoms with Crippen molar-refractivity contribution in [1.82, 2.24) is 4.57 Å². The number of nitrogens with zero attached hydrogens (tertiary/aromatic N) is 1. The van der Waals surface area contributed by atoms with Crippen LogP contribution in [-0.4, -0.2) is 4.57 Å². The number of hydrogen-bond acceptors (Lipinski definition) is 1. The van der Waals surface area contributed by atoms with Crippen LogP contribution in [-0.2, 0) is 13.6 Å². The summed E-state index contributed by atoms with van der Waals surface area (Å²) in [5.41, 5.74) is 5.84. The number of rotatable bonds is 3. The SMILES string of the molecule is C#Cc1cccc(NCc2c(C)c3ccccc3n2C)c1. The molecule has 0 spiro atoms. The molecule has 0 amide bonds. The zero-order valence-corrected chi connectivity index (χ0v) is 12.4. The Balaban J connectivity index is 1.90. The molecule has 3 rings (SSSR count). The highest BCUT2D eigenvalue weighted by Crippen LogP contribution is 2.25. The van der Waals surface area contributed by atoms with Crippen molar-refractivity contribution < 1.29 is 0 Å². The lowest BCUT2D eigenvalue weighted by molar-refractivity contribution is 0.862. The number of terminal acetylenes is 1. The summed E-state index contributed by atoms with van der Waals surface area (Å²) in [6.45, 7) is 2.96. The van der Waals surface area contributed by atoms with E-state index in [0.717, 1.165) is 17.8 Å². The van der Waals surface area contributed by atoms with E-state index in [1.165, 1.54) is 22.2 Å². The second-order valence-electron chi connectivity index (χ2n) is 5.23. The van der Waals surface area contributed by atoms with Gasteiger partial charge < -0.3 is 9.88 Å². The minimum absolute atomic E-state index is 0.783. The second-order valence-corrected chi connectivity index (χ2v) is 5.23. The highest BCUT2D eigenvalue weighted by atomic mass is 15.0. The fourth-order valence-electron chi connectivity index (χ4n) is 2.79. The minimum atomic E-state index is 0.783. The largest absolute Gasteiger partial charge is 0.379 e. The number of aryl methyl sites for hydroxylation is 2. The molecule has 21 heavy (non-hydrogen) atoms. The molecular formula is C19H18N2. The first-order valence-corrected chi connectivity index (χ1v) is 7.04. The lowest BCUT2D eigenvalue weighted by Crippen LogP contribution is -2.05. The maximum atomic E-state index is 5.44. The molecule has 1 heterocycles. The van der Waals surface area contributed by atoms with E-state index in [2.05, 4.69) is 54.0 Å². The summed E-state index contributed by atoms with van der Waals surface area (Å²) in [6.07, 6.45) is 5.44. The Hall–Kier alpha value is -2.66. The molecule has 0 aliphatic heterocycles. The number of nitrogens with one attached hydrogen (secondary N) is 1. The van der Waals surface area contributed by atoms with Gasteiger partial charge in [-0.3, -0.25) is 0 Å². The zero-order chi connectivity index (χ0) is 14.8. The van der Waals surface area contributed by atoms with Crippen molar-refractivity contribution in [3.63, 3.8) is 0 Å². The summed E-state index contributed by atoms with van der Waals surface area (Å²) < 4.78 is 2.25. The Morgan fingerprint density at radius 3 is 2.71 bits per heavy atom. The van der Waals surface area contributed by atoms with Crippen LogP contribution in [0, 0.1) is 19.3 Å². The quantitative estimate of drug-likeness (QED) is 0.712. The van der Waals surface area contributed by atoms with E-state index in [1.807, 2.05) is 24.3 Å². The van der Waals surface area contributed by atoms with Crippen LogP contribution in [0.4, 0.5) is 5.69 Å². The van der Waals surface area contributed by atoms with Gasteiger partial charge in [-0.1, -0.05) is 30.2 Å². The van der Waals surface area contributed by atoms with E-state index in [-0.39, 0.29) is 0 Å². The van der Waals surface area contributed by atoms with Crippen LogP contribution in [0.15, 0.2) is 48.5 Å². The maximum absolute atomic E-state index is 5.44. The molecule has 2 heteroatoms. The molecule has 0 radical (unpaired) electrons. The monoisotopic (exact) mass is 274 g/mol. The highest BCUT2D eigenvalue weighted by Gasteiger charge is 2.10. The van der Waals surface area contributed by atoms with Gasteiger partial charge in [0, 0.05) is 34.9 Å². The van der Waals surface area contributed by atoms with Crippen LogP contribution in [0.3, 0.4) is 0 Å². The van der Waals surface area contributed by atoms with Crippen molar-refractivity contribution in [1.29, 1.82) is 0 Å². The smallest absolute Gasteiger partial charge is 0.0556 e. The number of anilines is 1. The van der Waals surface area contributed by atoms with E-state index in [9.17, 15) is 0 Å². The normalized spacial score (nSPS) is 10.5. The Kier molecular flexibility index (Phi) is 3.41. The van der Waals surface area contributed by atoms with Crippen molar-refractivity contribution in [2.24, 2.45) is 7.05 Å². The summed E-state index contributed by atoms with van der Waals surface area (Å²) >= 11 is 0. The van der Waals surface area contributed by atoms with Gasteiger partial charge in [-0.2, -0.15) is 0 Å². The average Bonchev–Trinajstić information content (AvgIpc) is 2.78. The van der Waals surface area contributed by atoms with E-state index < -0.39 is 0 Å². The summed E-state index contributed by atoms with van der Waals surface area (Å²) in [4.78, 5) is 0. The summed E-state index contributed by atoms with van der Waals surface area (Å²) in [5, 5.41) is 4.78. The van der Waals surface area contributed by atoms with Crippen molar-refractivity contribution in [2.45, 2.75) is 13.5 Å². The lowest BCUT2D eigenvalue weighted by Gasteiger charge is -2.09. The second kappa shape index (κ2) is 5.38. The Labute approximate surface area is 125 Å². The lowest BCUT2D eigenvalue weighted by atomic mass is 10.1. The van der Waals surface area contributed by atoms with E-state index in [1.54, 1.807) is 0 Å². The molecule has 0 bridgehead atoms. The molecule has 2 nitrogen and oxygen atoms in total. The van der Waals surface area contributed by atoms with Gasteiger partial charge >= 0.3 is 0 Å². The third kappa shape index (κ3) is 2.39. The standard InChI is InChI=1S/C19H18N2/c1-4-15-8-7-9-16(12-15)20-13-19-14(2)17-10-5-6-11-18(17)21(19)3/h1,5-12,20H,13H2,2-3H3. The first kappa shape index (κ1) is 13.3. The first-order chi connectivity index (χ1) is 10.2. The minimum Gasteiger partial charge on any atom is -0.379 e. The van der Waals surface area contributed by atoms with Crippen molar-refractivity contribution in [3.8, 4) is 12.3 Å². The van der Waals surface area contributed by atoms with Gasteiger partial charge in [0.2, 0.25) is 0 Å². The molecule has 0 fully saturated rings. The van der Waals surface area contributed by atoms with Gasteiger partial charge in [-0.15, -0.1) is 6.42 Å². The third-order valence-electron chi connectivity index (χ3n) is 4.00. The Morgan fingerprint density at radius 2 is 1.95 bits per heavy atom. The molecular weight excluding hydrogens is 256 g/mol. The molecule has 2 aromatic carbocycles. The van der Waals surface area contributed by atoms with E-state index >= 15 is 0 Å². The van der Waals surface area contributed by atoms with Gasteiger partial charge in [-0.25, -0.2) is 0 Å². The summed E-state index contributed by atoms with van der Waals surface area (Å²) in [5.74, 6) is 2.66. The van der Waals surface area contributed by atoms with Crippen molar-refractivity contribution in [3.05, 3.63) is 65.4 Å². The predicted molar refractivity (Wildman–Crippen MR) is 89.4 cm³/mol. The first-order valence-electron chi connectivity index (χ1n) is 7.04.